The summed E-state index contributed by atoms with van der Waals surface area (Å²) >= 11 is 0. The molecule has 0 bridgehead atoms. The van der Waals surface area contributed by atoms with Crippen LogP contribution in [0.5, 0.6) is 5.75 Å². The van der Waals surface area contributed by atoms with Crippen LogP contribution in [-0.2, 0) is 28.9 Å². The summed E-state index contributed by atoms with van der Waals surface area (Å²) in [5.74, 6) is -0.764. The highest BCUT2D eigenvalue weighted by molar-refractivity contribution is 6.05. The molecule has 1 atom stereocenters. The molecule has 0 spiro atoms. The van der Waals surface area contributed by atoms with E-state index in [1.54, 1.807) is 23.1 Å². The molecule has 2 fully saturated rings. The second kappa shape index (κ2) is 15.9. The normalized spacial score (nSPS) is 17.4. The number of nitrogens with zero attached hydrogens (tertiary/aromatic N) is 3. The fourth-order valence-electron chi connectivity index (χ4n) is 7.38. The van der Waals surface area contributed by atoms with Gasteiger partial charge in [0.25, 0.3) is 11.8 Å². The molecule has 3 aliphatic rings. The van der Waals surface area contributed by atoms with E-state index in [9.17, 15) is 32.3 Å². The van der Waals surface area contributed by atoms with Gasteiger partial charge in [0, 0.05) is 75.3 Å². The number of hydrogen-bond donors (Lipinski definition) is 5. The van der Waals surface area contributed by atoms with E-state index in [-0.39, 0.29) is 47.0 Å². The molecule has 13 nitrogen and oxygen atoms in total. The molecule has 292 valence electrons. The molecule has 0 aliphatic carbocycles. The highest BCUT2D eigenvalue weighted by Crippen LogP contribution is 2.39. The van der Waals surface area contributed by atoms with E-state index in [4.69, 9.17) is 4.74 Å². The van der Waals surface area contributed by atoms with Gasteiger partial charge in [-0.3, -0.25) is 24.5 Å². The topological polar surface area (TPSA) is 157 Å². The van der Waals surface area contributed by atoms with E-state index in [0.717, 1.165) is 48.9 Å². The monoisotopic (exact) mass is 770 g/mol. The Kier molecular flexibility index (Phi) is 10.8. The first-order valence-electron chi connectivity index (χ1n) is 18.3. The van der Waals surface area contributed by atoms with Gasteiger partial charge in [0.05, 0.1) is 35.3 Å². The minimum Gasteiger partial charge on any atom is -0.494 e. The number of imide groups is 1. The van der Waals surface area contributed by atoms with Crippen molar-refractivity contribution in [2.45, 2.75) is 57.0 Å². The highest BCUT2D eigenvalue weighted by Gasteiger charge is 2.39. The van der Waals surface area contributed by atoms with Crippen molar-refractivity contribution in [3.63, 3.8) is 0 Å². The van der Waals surface area contributed by atoms with Crippen molar-refractivity contribution in [1.29, 1.82) is 0 Å². The molecule has 1 unspecified atom stereocenters. The Morgan fingerprint density at radius 3 is 2.46 bits per heavy atom. The third-order valence-corrected chi connectivity index (χ3v) is 10.4. The van der Waals surface area contributed by atoms with Crippen LogP contribution in [0, 0.1) is 0 Å². The lowest BCUT2D eigenvalue weighted by molar-refractivity contribution is -0.138. The third-order valence-electron chi connectivity index (χ3n) is 10.4. The van der Waals surface area contributed by atoms with Crippen molar-refractivity contribution in [1.82, 2.24) is 25.8 Å². The summed E-state index contributed by atoms with van der Waals surface area (Å²) < 4.78 is 47.7. The molecule has 3 aromatic carbocycles. The Morgan fingerprint density at radius 2 is 1.73 bits per heavy atom. The zero-order chi connectivity index (χ0) is 39.6. The van der Waals surface area contributed by atoms with Crippen LogP contribution in [0.3, 0.4) is 0 Å². The number of aromatic nitrogens is 1. The van der Waals surface area contributed by atoms with E-state index >= 15 is 0 Å². The Morgan fingerprint density at radius 1 is 0.946 bits per heavy atom. The van der Waals surface area contributed by atoms with Gasteiger partial charge in [0.1, 0.15) is 17.6 Å². The van der Waals surface area contributed by atoms with Gasteiger partial charge in [0.15, 0.2) is 0 Å². The van der Waals surface area contributed by atoms with Crippen molar-refractivity contribution in [3.8, 4) is 5.75 Å². The average Bonchev–Trinajstić information content (AvgIpc) is 3.51. The Hall–Kier alpha value is -6.16. The maximum Gasteiger partial charge on any atom is 0.419 e. The van der Waals surface area contributed by atoms with E-state index in [0.29, 0.717) is 36.5 Å². The minimum absolute atomic E-state index is 0.137. The van der Waals surface area contributed by atoms with Crippen molar-refractivity contribution in [3.05, 3.63) is 101 Å². The molecule has 2 saturated heterocycles. The van der Waals surface area contributed by atoms with Crippen LogP contribution in [0.2, 0.25) is 0 Å². The van der Waals surface area contributed by atoms with Gasteiger partial charge < -0.3 is 35.8 Å². The summed E-state index contributed by atoms with van der Waals surface area (Å²) in [6.07, 6.45) is -1.67. The molecule has 56 heavy (non-hydrogen) atoms. The molecule has 1 aromatic heterocycles. The minimum atomic E-state index is -4.70. The maximum absolute atomic E-state index is 14.0. The molecular formula is C40H41F3N8O5. The lowest BCUT2D eigenvalue weighted by atomic mass is 10.0. The quantitative estimate of drug-likeness (QED) is 0.124. The number of pyridine rings is 1. The number of hydrogen-bond acceptors (Lipinski definition) is 10. The van der Waals surface area contributed by atoms with Crippen LogP contribution in [0.4, 0.5) is 41.7 Å². The van der Waals surface area contributed by atoms with Crippen molar-refractivity contribution in [2.75, 3.05) is 42.8 Å². The van der Waals surface area contributed by atoms with Crippen LogP contribution in [0.15, 0.2) is 72.9 Å². The lowest BCUT2D eigenvalue weighted by Gasteiger charge is -2.34. The Bertz CT molecular complexity index is 2170. The molecule has 5 N–H and O–H groups in total. The first-order chi connectivity index (χ1) is 26.9. The smallest absolute Gasteiger partial charge is 0.419 e. The molecule has 0 radical (unpaired) electrons. The van der Waals surface area contributed by atoms with Gasteiger partial charge in [-0.2, -0.15) is 13.2 Å². The van der Waals surface area contributed by atoms with Crippen LogP contribution >= 0.6 is 0 Å². The van der Waals surface area contributed by atoms with E-state index in [1.807, 2.05) is 30.3 Å². The highest BCUT2D eigenvalue weighted by atomic mass is 19.4. The van der Waals surface area contributed by atoms with Crippen LogP contribution in [0.1, 0.15) is 63.1 Å². The summed E-state index contributed by atoms with van der Waals surface area (Å²) in [6, 6.07) is 18.5. The number of amides is 4. The average molecular weight is 771 g/mol. The third kappa shape index (κ3) is 8.10. The van der Waals surface area contributed by atoms with Crippen LogP contribution in [0.25, 0.3) is 0 Å². The summed E-state index contributed by atoms with van der Waals surface area (Å²) in [5, 5.41) is 14.3. The number of carbonyl (C=O) groups excluding carboxylic acids is 4. The van der Waals surface area contributed by atoms with Crippen LogP contribution in [-0.4, -0.2) is 72.8 Å². The fourth-order valence-corrected chi connectivity index (χ4v) is 7.38. The standard InChI is InChI=1S/C40H41F3N8O5/c1-44-37(53)28-5-3-4-6-30(28)47-32-19-35(46-21-29(32)40(41,42)43)48-31-10-8-26(18-34(31)56-2)50-15-13-25(14-16-50)45-20-23-7-9-27-24(17-23)22-51(39(27)55)33-11-12-36(52)49-38(33)54/h3-10,17-19,21,25,33,45H,11-16,20,22H2,1-2H3,(H,44,53)(H2,46,47,48)(H,49,52,54). The first-order valence-corrected chi connectivity index (χ1v) is 18.3. The number of nitrogens with one attached hydrogen (secondary N) is 5. The van der Waals surface area contributed by atoms with E-state index in [2.05, 4.69) is 36.5 Å². The summed E-state index contributed by atoms with van der Waals surface area (Å²) in [5.41, 5.74) is 3.06. The number of halogens is 3. The van der Waals surface area contributed by atoms with Crippen molar-refractivity contribution < 1.29 is 37.1 Å². The zero-order valence-electron chi connectivity index (χ0n) is 30.8. The van der Waals surface area contributed by atoms with Gasteiger partial charge in [-0.15, -0.1) is 0 Å². The number of benzene rings is 3. The molecule has 4 amide bonds. The van der Waals surface area contributed by atoms with E-state index < -0.39 is 29.6 Å². The summed E-state index contributed by atoms with van der Waals surface area (Å²) in [7, 11) is 2.96. The number of carbonyl (C=O) groups is 4. The second-order valence-corrected chi connectivity index (χ2v) is 13.9. The maximum atomic E-state index is 14.0. The van der Waals surface area contributed by atoms with Gasteiger partial charge in [-0.05, 0) is 60.7 Å². The Balaban J connectivity index is 0.964. The SMILES string of the molecule is CNC(=O)c1ccccc1Nc1cc(Nc2ccc(N3CCC(NCc4ccc5c(c4)CN(C4CCC(=O)NC4=O)C5=O)CC3)cc2OC)ncc1C(F)(F)F. The zero-order valence-corrected chi connectivity index (χ0v) is 30.8. The molecule has 7 rings (SSSR count). The summed E-state index contributed by atoms with van der Waals surface area (Å²) in [4.78, 5) is 57.2. The number of methoxy groups -OCH3 is 1. The fraction of sp³-hybridized carbons (Fsp3) is 0.325. The number of anilines is 5. The molecule has 4 aromatic rings. The molecule has 3 aliphatic heterocycles. The molecule has 0 saturated carbocycles. The van der Waals surface area contributed by atoms with Crippen LogP contribution < -0.4 is 36.2 Å². The first kappa shape index (κ1) is 38.1. The predicted octanol–water partition coefficient (Wildman–Crippen LogP) is 5.48. The van der Waals surface area contributed by atoms with E-state index in [1.165, 1.54) is 32.4 Å². The molecule has 16 heteroatoms. The molecule has 4 heterocycles. The predicted molar refractivity (Wildman–Crippen MR) is 203 cm³/mol. The van der Waals surface area contributed by atoms with Gasteiger partial charge in [-0.1, -0.05) is 24.3 Å². The number of para-hydroxylation sites is 1. The van der Waals surface area contributed by atoms with Crippen molar-refractivity contribution >= 4 is 52.2 Å². The number of ether oxygens (including phenoxy) is 1. The van der Waals surface area contributed by atoms with Gasteiger partial charge >= 0.3 is 6.18 Å². The second-order valence-electron chi connectivity index (χ2n) is 13.9. The largest absolute Gasteiger partial charge is 0.494 e. The van der Waals surface area contributed by atoms with Gasteiger partial charge in [0.2, 0.25) is 11.8 Å². The lowest BCUT2D eigenvalue weighted by Crippen LogP contribution is -2.52. The summed E-state index contributed by atoms with van der Waals surface area (Å²) in [6.45, 7) is 2.51. The number of rotatable bonds is 11. The number of alkyl halides is 3. The number of fused-ring (bicyclic) bond motifs is 1. The molecular weight excluding hydrogens is 729 g/mol. The van der Waals surface area contributed by atoms with Gasteiger partial charge in [-0.25, -0.2) is 4.98 Å². The van der Waals surface area contributed by atoms with Crippen molar-refractivity contribution in [2.24, 2.45) is 0 Å². The number of piperidine rings is 2. The Labute approximate surface area is 321 Å².